The minimum absolute atomic E-state index is 0.0123. The van der Waals surface area contributed by atoms with Crippen molar-refractivity contribution in [3.63, 3.8) is 0 Å². The Balaban J connectivity index is 1.88. The number of imide groups is 1. The third-order valence-electron chi connectivity index (χ3n) is 6.58. The molecule has 2 aromatic rings. The number of fused-ring (bicyclic) bond motifs is 1. The summed E-state index contributed by atoms with van der Waals surface area (Å²) >= 11 is 0. The van der Waals surface area contributed by atoms with Crippen LogP contribution in [-0.2, 0) is 25.7 Å². The largest absolute Gasteiger partial charge is 0.354 e. The number of pyridine rings is 1. The van der Waals surface area contributed by atoms with Gasteiger partial charge < -0.3 is 10.2 Å². The van der Waals surface area contributed by atoms with Gasteiger partial charge in [-0.2, -0.15) is 4.39 Å². The summed E-state index contributed by atoms with van der Waals surface area (Å²) in [6.07, 6.45) is 1.27. The van der Waals surface area contributed by atoms with E-state index < -0.39 is 53.4 Å². The Morgan fingerprint density at radius 3 is 2.68 bits per heavy atom. The molecule has 0 saturated carbocycles. The summed E-state index contributed by atoms with van der Waals surface area (Å²) in [5.74, 6) is -6.06. The average molecular weight is 526 g/mol. The Hall–Kier alpha value is -4.48. The van der Waals surface area contributed by atoms with Gasteiger partial charge in [-0.1, -0.05) is 18.7 Å². The van der Waals surface area contributed by atoms with Crippen molar-refractivity contribution in [1.29, 1.82) is 0 Å². The number of amides is 5. The highest BCUT2D eigenvalue weighted by Crippen LogP contribution is 2.39. The molecule has 2 unspecified atom stereocenters. The van der Waals surface area contributed by atoms with Crippen LogP contribution in [0.5, 0.6) is 0 Å². The molecule has 2 aliphatic heterocycles. The second-order valence-corrected chi connectivity index (χ2v) is 8.90. The van der Waals surface area contributed by atoms with Gasteiger partial charge in [0, 0.05) is 31.3 Å². The highest BCUT2D eigenvalue weighted by Gasteiger charge is 2.43. The molecule has 10 nitrogen and oxygen atoms in total. The molecule has 1 saturated heterocycles. The first kappa shape index (κ1) is 26.6. The molecule has 2 N–H and O–H groups in total. The molecule has 3 heterocycles. The number of piperidine rings is 1. The summed E-state index contributed by atoms with van der Waals surface area (Å²) in [6.45, 7) is 6.22. The third kappa shape index (κ3) is 4.64. The maximum absolute atomic E-state index is 14.5. The van der Waals surface area contributed by atoms with Crippen LogP contribution in [0.2, 0.25) is 0 Å². The molecule has 1 fully saturated rings. The molecule has 0 spiro atoms. The number of nitrogens with zero attached hydrogens (tertiary/aromatic N) is 3. The van der Waals surface area contributed by atoms with Crippen molar-refractivity contribution in [2.75, 3.05) is 11.4 Å². The molecule has 12 heteroatoms. The topological polar surface area (TPSA) is 129 Å². The lowest BCUT2D eigenvalue weighted by Crippen LogP contribution is -2.52. The van der Waals surface area contributed by atoms with E-state index in [1.807, 2.05) is 0 Å². The number of halogens is 2. The van der Waals surface area contributed by atoms with Gasteiger partial charge in [-0.15, -0.1) is 0 Å². The zero-order valence-electron chi connectivity index (χ0n) is 20.7. The van der Waals surface area contributed by atoms with Gasteiger partial charge in [-0.25, -0.2) is 9.37 Å². The summed E-state index contributed by atoms with van der Waals surface area (Å²) < 4.78 is 28.9. The molecule has 0 aliphatic carbocycles. The summed E-state index contributed by atoms with van der Waals surface area (Å²) in [5.41, 5.74) is 0.275. The van der Waals surface area contributed by atoms with Crippen molar-refractivity contribution < 1.29 is 32.8 Å². The van der Waals surface area contributed by atoms with Crippen molar-refractivity contribution in [3.8, 4) is 0 Å². The fourth-order valence-electron chi connectivity index (χ4n) is 4.78. The van der Waals surface area contributed by atoms with E-state index >= 15 is 0 Å². The lowest BCUT2D eigenvalue weighted by atomic mass is 9.97. The fourth-order valence-corrected chi connectivity index (χ4v) is 4.78. The lowest BCUT2D eigenvalue weighted by Gasteiger charge is -2.33. The second kappa shape index (κ2) is 10.5. The number of aromatic nitrogens is 1. The Bertz CT molecular complexity index is 1380. The smallest absolute Gasteiger partial charge is 0.287 e. The Morgan fingerprint density at radius 2 is 2.03 bits per heavy atom. The molecule has 0 radical (unpaired) electrons. The molecule has 1 aromatic carbocycles. The van der Waals surface area contributed by atoms with E-state index in [-0.39, 0.29) is 48.3 Å². The number of hydrogen-bond acceptors (Lipinski definition) is 6. The Kier molecular flexibility index (Phi) is 7.33. The van der Waals surface area contributed by atoms with Gasteiger partial charge in [-0.3, -0.25) is 34.2 Å². The predicted octanol–water partition coefficient (Wildman–Crippen LogP) is 1.98. The van der Waals surface area contributed by atoms with Crippen molar-refractivity contribution in [3.05, 3.63) is 71.1 Å². The van der Waals surface area contributed by atoms with Crippen molar-refractivity contribution in [2.45, 2.75) is 45.3 Å². The maximum Gasteiger partial charge on any atom is 0.287 e. The predicted molar refractivity (Wildman–Crippen MR) is 131 cm³/mol. The van der Waals surface area contributed by atoms with Crippen LogP contribution < -0.4 is 15.5 Å². The Labute approximate surface area is 216 Å². The van der Waals surface area contributed by atoms with E-state index in [1.54, 1.807) is 13.0 Å². The van der Waals surface area contributed by atoms with Gasteiger partial charge >= 0.3 is 0 Å². The first-order valence-electron chi connectivity index (χ1n) is 11.9. The molecule has 2 aliphatic rings. The fraction of sp³-hybridized carbons (Fsp3) is 0.308. The number of carbonyl (C=O) groups excluding carboxylic acids is 5. The number of rotatable bonds is 7. The van der Waals surface area contributed by atoms with E-state index in [0.29, 0.717) is 5.56 Å². The van der Waals surface area contributed by atoms with Crippen molar-refractivity contribution >= 4 is 35.2 Å². The summed E-state index contributed by atoms with van der Waals surface area (Å²) in [7, 11) is 0. The summed E-state index contributed by atoms with van der Waals surface area (Å²) in [4.78, 5) is 70.0. The zero-order chi connectivity index (χ0) is 27.7. The van der Waals surface area contributed by atoms with Gasteiger partial charge in [0.05, 0.1) is 11.3 Å². The highest BCUT2D eigenvalue weighted by molar-refractivity contribution is 6.14. The first-order valence-corrected chi connectivity index (χ1v) is 11.9. The zero-order valence-corrected chi connectivity index (χ0v) is 20.7. The minimum Gasteiger partial charge on any atom is -0.354 e. The van der Waals surface area contributed by atoms with Crippen LogP contribution in [0.1, 0.15) is 52.9 Å². The van der Waals surface area contributed by atoms with Crippen LogP contribution in [0, 0.1) is 12.9 Å². The van der Waals surface area contributed by atoms with Crippen LogP contribution in [0.3, 0.4) is 0 Å². The standard InChI is InChI=1S/C26H25F2N5O5/c1-4-29-24(36)21(16-10-11-30-22(28)13(16)2)33(25(37)14(3)27)17-7-5-6-15-12-32(26(38)20(15)17)18-8-9-19(34)31-23(18)35/h5-7,10-11,18,21H,3-4,8-9,12H2,1-2H3,(H,29,36)(H,31,34,35). The first-order chi connectivity index (χ1) is 18.1. The molecule has 0 bridgehead atoms. The van der Waals surface area contributed by atoms with Crippen molar-refractivity contribution in [2.24, 2.45) is 0 Å². The van der Waals surface area contributed by atoms with E-state index in [1.165, 1.54) is 30.0 Å². The maximum atomic E-state index is 14.5. The van der Waals surface area contributed by atoms with Gasteiger partial charge in [0.25, 0.3) is 11.8 Å². The van der Waals surface area contributed by atoms with Crippen LogP contribution in [0.25, 0.3) is 0 Å². The number of likely N-dealkylation sites (N-methyl/N-ethyl adjacent to an activating group) is 1. The number of benzene rings is 1. The van der Waals surface area contributed by atoms with Crippen LogP contribution in [-0.4, -0.2) is 52.0 Å². The molecular formula is C26H25F2N5O5. The van der Waals surface area contributed by atoms with Crippen LogP contribution in [0.4, 0.5) is 14.5 Å². The number of carbonyl (C=O) groups is 5. The second-order valence-electron chi connectivity index (χ2n) is 8.90. The highest BCUT2D eigenvalue weighted by atomic mass is 19.1. The van der Waals surface area contributed by atoms with E-state index in [9.17, 15) is 32.8 Å². The Morgan fingerprint density at radius 1 is 1.29 bits per heavy atom. The molecule has 38 heavy (non-hydrogen) atoms. The molecule has 5 amide bonds. The summed E-state index contributed by atoms with van der Waals surface area (Å²) in [5, 5.41) is 4.79. The van der Waals surface area contributed by atoms with E-state index in [0.717, 1.165) is 11.1 Å². The number of hydrogen-bond donors (Lipinski definition) is 2. The molecular weight excluding hydrogens is 500 g/mol. The van der Waals surface area contributed by atoms with Gasteiger partial charge in [-0.05, 0) is 43.5 Å². The van der Waals surface area contributed by atoms with E-state index in [4.69, 9.17) is 0 Å². The molecule has 198 valence electrons. The average Bonchev–Trinajstić information content (AvgIpc) is 3.20. The van der Waals surface area contributed by atoms with Crippen molar-refractivity contribution in [1.82, 2.24) is 20.5 Å². The van der Waals surface area contributed by atoms with Crippen LogP contribution >= 0.6 is 0 Å². The number of nitrogens with one attached hydrogen (secondary N) is 2. The van der Waals surface area contributed by atoms with Gasteiger partial charge in [0.15, 0.2) is 5.83 Å². The van der Waals surface area contributed by atoms with E-state index in [2.05, 4.69) is 22.2 Å². The number of anilines is 1. The van der Waals surface area contributed by atoms with Gasteiger partial charge in [0.2, 0.25) is 23.7 Å². The minimum atomic E-state index is -1.59. The molecule has 4 rings (SSSR count). The quantitative estimate of drug-likeness (QED) is 0.323. The van der Waals surface area contributed by atoms with Gasteiger partial charge in [0.1, 0.15) is 12.1 Å². The molecule has 1 aromatic heterocycles. The SMILES string of the molecule is C=C(F)C(=O)N(c1cccc2c1C(=O)N(C1CCC(=O)NC1=O)C2)C(C(=O)NCC)c1ccnc(F)c1C. The molecule has 2 atom stereocenters. The third-order valence-corrected chi connectivity index (χ3v) is 6.58. The lowest BCUT2D eigenvalue weighted by molar-refractivity contribution is -0.137. The van der Waals surface area contributed by atoms with Crippen LogP contribution in [0.15, 0.2) is 42.9 Å². The monoisotopic (exact) mass is 525 g/mol. The normalized spacial score (nSPS) is 17.5. The summed E-state index contributed by atoms with van der Waals surface area (Å²) in [6, 6.07) is 3.30.